The Bertz CT molecular complexity index is 1040. The molecule has 1 N–H and O–H groups in total. The van der Waals surface area contributed by atoms with Crippen molar-refractivity contribution < 1.29 is 4.79 Å². The Morgan fingerprint density at radius 2 is 1.89 bits per heavy atom. The van der Waals surface area contributed by atoms with Gasteiger partial charge in [0.05, 0.1) is 5.69 Å². The number of benzene rings is 2. The van der Waals surface area contributed by atoms with Gasteiger partial charge in [-0.1, -0.05) is 47.5 Å². The van der Waals surface area contributed by atoms with E-state index < -0.39 is 0 Å². The van der Waals surface area contributed by atoms with Crippen LogP contribution in [0.3, 0.4) is 0 Å². The van der Waals surface area contributed by atoms with Gasteiger partial charge < -0.3 is 5.32 Å². The van der Waals surface area contributed by atoms with E-state index >= 15 is 0 Å². The summed E-state index contributed by atoms with van der Waals surface area (Å²) >= 11 is 6.09. The van der Waals surface area contributed by atoms with Crippen molar-refractivity contribution in [2.45, 2.75) is 26.9 Å². The van der Waals surface area contributed by atoms with Crippen molar-refractivity contribution in [2.75, 3.05) is 0 Å². The number of carbonyl (C=O) groups excluding carboxylic acids is 1. The molecule has 138 valence electrons. The van der Waals surface area contributed by atoms with Crippen LogP contribution in [0.5, 0.6) is 0 Å². The number of rotatable bonds is 5. The van der Waals surface area contributed by atoms with Crippen molar-refractivity contribution in [1.29, 1.82) is 0 Å². The zero-order valence-corrected chi connectivity index (χ0v) is 16.0. The molecule has 0 aliphatic rings. The largest absolute Gasteiger partial charge is 0.350 e. The lowest BCUT2D eigenvalue weighted by Gasteiger charge is -2.10. The number of nitrogens with zero attached hydrogens (tertiary/aromatic N) is 2. The predicted molar refractivity (Wildman–Crippen MR) is 107 cm³/mol. The summed E-state index contributed by atoms with van der Waals surface area (Å²) in [5.41, 5.74) is 4.26. The molecule has 0 radical (unpaired) electrons. The first-order valence-electron chi connectivity index (χ1n) is 8.60. The van der Waals surface area contributed by atoms with Crippen LogP contribution in [-0.4, -0.2) is 15.7 Å². The van der Waals surface area contributed by atoms with Crippen molar-refractivity contribution in [2.24, 2.45) is 0 Å². The molecule has 3 aromatic rings. The van der Waals surface area contributed by atoms with E-state index in [-0.39, 0.29) is 18.0 Å². The van der Waals surface area contributed by atoms with Gasteiger partial charge in [0.1, 0.15) is 6.54 Å². The second-order valence-electron chi connectivity index (χ2n) is 6.40. The van der Waals surface area contributed by atoms with Crippen molar-refractivity contribution in [3.8, 4) is 11.3 Å². The standard InChI is InChI=1S/C21H20ClN3O2/c1-14-7-8-15(2)17(11-14)19-9-10-21(27)25(24-19)13-20(26)23-12-16-5-3-4-6-18(16)22/h3-11H,12-13H2,1-2H3,(H,23,26). The van der Waals surface area contributed by atoms with Gasteiger partial charge >= 0.3 is 0 Å². The summed E-state index contributed by atoms with van der Waals surface area (Å²) in [5.74, 6) is -0.303. The average Bonchev–Trinajstić information content (AvgIpc) is 2.65. The first kappa shape index (κ1) is 18.9. The molecule has 1 heterocycles. The number of nitrogens with one attached hydrogen (secondary N) is 1. The molecule has 5 nitrogen and oxygen atoms in total. The van der Waals surface area contributed by atoms with Gasteiger partial charge in [-0.25, -0.2) is 4.68 Å². The van der Waals surface area contributed by atoms with Crippen molar-refractivity contribution in [1.82, 2.24) is 15.1 Å². The summed E-state index contributed by atoms with van der Waals surface area (Å²) < 4.78 is 1.18. The van der Waals surface area contributed by atoms with Crippen LogP contribution in [0.15, 0.2) is 59.4 Å². The molecule has 1 amide bonds. The van der Waals surface area contributed by atoms with E-state index in [2.05, 4.69) is 10.4 Å². The monoisotopic (exact) mass is 381 g/mol. The number of aromatic nitrogens is 2. The Morgan fingerprint density at radius 1 is 1.11 bits per heavy atom. The Balaban J connectivity index is 1.77. The van der Waals surface area contributed by atoms with Crippen LogP contribution in [0.4, 0.5) is 0 Å². The van der Waals surface area contributed by atoms with Crippen LogP contribution < -0.4 is 10.9 Å². The maximum Gasteiger partial charge on any atom is 0.267 e. The van der Waals surface area contributed by atoms with Crippen LogP contribution in [0.2, 0.25) is 5.02 Å². The zero-order valence-electron chi connectivity index (χ0n) is 15.2. The fraction of sp³-hybridized carbons (Fsp3) is 0.190. The van der Waals surface area contributed by atoms with Crippen molar-refractivity contribution in [3.63, 3.8) is 0 Å². The Kier molecular flexibility index (Phi) is 5.72. The predicted octanol–water partition coefficient (Wildman–Crippen LogP) is 3.50. The van der Waals surface area contributed by atoms with Gasteiger partial charge in [-0.2, -0.15) is 5.10 Å². The van der Waals surface area contributed by atoms with Crippen molar-refractivity contribution in [3.05, 3.63) is 86.7 Å². The highest BCUT2D eigenvalue weighted by Gasteiger charge is 2.10. The first-order valence-corrected chi connectivity index (χ1v) is 8.98. The molecule has 0 bridgehead atoms. The number of aryl methyl sites for hydroxylation is 2. The lowest BCUT2D eigenvalue weighted by atomic mass is 10.0. The topological polar surface area (TPSA) is 64.0 Å². The van der Waals surface area contributed by atoms with E-state index in [1.807, 2.05) is 50.2 Å². The smallest absolute Gasteiger partial charge is 0.267 e. The molecule has 0 saturated carbocycles. The van der Waals surface area contributed by atoms with Crippen molar-refractivity contribution >= 4 is 17.5 Å². The fourth-order valence-electron chi connectivity index (χ4n) is 2.75. The third-order valence-corrected chi connectivity index (χ3v) is 4.63. The fourth-order valence-corrected chi connectivity index (χ4v) is 2.95. The summed E-state index contributed by atoms with van der Waals surface area (Å²) in [5, 5.41) is 7.73. The zero-order chi connectivity index (χ0) is 19.4. The van der Waals surface area contributed by atoms with E-state index in [0.717, 1.165) is 22.3 Å². The molecule has 0 aliphatic heterocycles. The first-order chi connectivity index (χ1) is 12.9. The number of carbonyl (C=O) groups is 1. The third kappa shape index (κ3) is 4.63. The number of halogens is 1. The van der Waals surface area contributed by atoms with E-state index in [1.165, 1.54) is 10.7 Å². The number of hydrogen-bond donors (Lipinski definition) is 1. The molecule has 0 atom stereocenters. The SMILES string of the molecule is Cc1ccc(C)c(-c2ccc(=O)n(CC(=O)NCc3ccccc3Cl)n2)c1. The molecule has 1 aromatic heterocycles. The normalized spacial score (nSPS) is 10.6. The van der Waals surface area contributed by atoms with Gasteiger partial charge in [0, 0.05) is 23.2 Å². The minimum atomic E-state index is -0.322. The molecular weight excluding hydrogens is 362 g/mol. The maximum absolute atomic E-state index is 12.3. The maximum atomic E-state index is 12.3. The highest BCUT2D eigenvalue weighted by atomic mass is 35.5. The molecule has 0 aliphatic carbocycles. The summed E-state index contributed by atoms with van der Waals surface area (Å²) in [7, 11) is 0. The lowest BCUT2D eigenvalue weighted by molar-refractivity contribution is -0.122. The highest BCUT2D eigenvalue weighted by molar-refractivity contribution is 6.31. The van der Waals surface area contributed by atoms with Gasteiger partial charge in [0.2, 0.25) is 5.91 Å². The van der Waals surface area contributed by atoms with Crippen LogP contribution in [-0.2, 0) is 17.9 Å². The summed E-state index contributed by atoms with van der Waals surface area (Å²) in [4.78, 5) is 24.4. The van der Waals surface area contributed by atoms with Gasteiger partial charge in [-0.15, -0.1) is 0 Å². The van der Waals surface area contributed by atoms with E-state index in [1.54, 1.807) is 12.1 Å². The molecule has 3 rings (SSSR count). The second kappa shape index (κ2) is 8.18. The minimum Gasteiger partial charge on any atom is -0.350 e. The quantitative estimate of drug-likeness (QED) is 0.735. The second-order valence-corrected chi connectivity index (χ2v) is 6.81. The molecule has 0 saturated heterocycles. The molecule has 0 unspecified atom stereocenters. The third-order valence-electron chi connectivity index (χ3n) is 4.26. The van der Waals surface area contributed by atoms with E-state index in [4.69, 9.17) is 11.6 Å². The average molecular weight is 382 g/mol. The van der Waals surface area contributed by atoms with Crippen LogP contribution in [0, 0.1) is 13.8 Å². The Labute approximate surface area is 162 Å². The molecular formula is C21H20ClN3O2. The highest BCUT2D eigenvalue weighted by Crippen LogP contribution is 2.21. The van der Waals surface area contributed by atoms with Crippen LogP contribution in [0.25, 0.3) is 11.3 Å². The number of hydrogen-bond acceptors (Lipinski definition) is 3. The number of amides is 1. The Morgan fingerprint density at radius 3 is 2.67 bits per heavy atom. The van der Waals surface area contributed by atoms with Gasteiger partial charge in [0.15, 0.2) is 0 Å². The van der Waals surface area contributed by atoms with Gasteiger partial charge in [-0.3, -0.25) is 9.59 Å². The summed E-state index contributed by atoms with van der Waals surface area (Å²) in [6, 6.07) is 16.5. The molecule has 0 fully saturated rings. The molecule has 27 heavy (non-hydrogen) atoms. The molecule has 0 spiro atoms. The molecule has 6 heteroatoms. The summed E-state index contributed by atoms with van der Waals surface area (Å²) in [6.07, 6.45) is 0. The summed E-state index contributed by atoms with van der Waals surface area (Å²) in [6.45, 7) is 4.13. The lowest BCUT2D eigenvalue weighted by Crippen LogP contribution is -2.33. The van der Waals surface area contributed by atoms with E-state index in [0.29, 0.717) is 17.3 Å². The minimum absolute atomic E-state index is 0.151. The van der Waals surface area contributed by atoms with Crippen LogP contribution >= 0.6 is 11.6 Å². The van der Waals surface area contributed by atoms with Crippen LogP contribution in [0.1, 0.15) is 16.7 Å². The Hall–Kier alpha value is -2.92. The van der Waals surface area contributed by atoms with Gasteiger partial charge in [-0.05, 0) is 43.2 Å². The van der Waals surface area contributed by atoms with E-state index in [9.17, 15) is 9.59 Å². The molecule has 2 aromatic carbocycles. The van der Waals surface area contributed by atoms with Gasteiger partial charge in [0.25, 0.3) is 5.56 Å².